The van der Waals surface area contributed by atoms with Crippen molar-refractivity contribution in [2.45, 2.75) is 6.92 Å². The van der Waals surface area contributed by atoms with Crippen LogP contribution in [0.3, 0.4) is 0 Å². The van der Waals surface area contributed by atoms with Gasteiger partial charge in [0, 0.05) is 22.6 Å². The number of aromatic hydroxyl groups is 1. The van der Waals surface area contributed by atoms with E-state index in [0.29, 0.717) is 16.4 Å². The van der Waals surface area contributed by atoms with E-state index in [4.69, 9.17) is 16.9 Å². The summed E-state index contributed by atoms with van der Waals surface area (Å²) in [4.78, 5) is 12.0. The number of anilines is 2. The molecule has 23 heavy (non-hydrogen) atoms. The van der Waals surface area contributed by atoms with Gasteiger partial charge in [0.15, 0.2) is 0 Å². The predicted octanol–water partition coefficient (Wildman–Crippen LogP) is 3.81. The average molecular weight is 328 g/mol. The number of halogens is 1. The molecule has 0 aliphatic rings. The van der Waals surface area contributed by atoms with Gasteiger partial charge in [-0.3, -0.25) is 4.79 Å². The van der Waals surface area contributed by atoms with Crippen molar-refractivity contribution in [1.29, 1.82) is 5.26 Å². The van der Waals surface area contributed by atoms with Crippen molar-refractivity contribution in [2.75, 3.05) is 10.6 Å². The summed E-state index contributed by atoms with van der Waals surface area (Å²) in [5, 5.41) is 24.3. The summed E-state index contributed by atoms with van der Waals surface area (Å²) in [6, 6.07) is 13.1. The number of aryl methyl sites for hydroxylation is 1. The molecule has 6 heteroatoms. The highest BCUT2D eigenvalue weighted by atomic mass is 35.5. The van der Waals surface area contributed by atoms with Crippen LogP contribution < -0.4 is 10.6 Å². The Hall–Kier alpha value is -2.97. The van der Waals surface area contributed by atoms with Crippen LogP contribution in [0.1, 0.15) is 5.56 Å². The lowest BCUT2D eigenvalue weighted by Gasteiger charge is -2.06. The number of phenols is 1. The highest BCUT2D eigenvalue weighted by Gasteiger charge is 2.09. The van der Waals surface area contributed by atoms with Gasteiger partial charge in [-0.15, -0.1) is 0 Å². The lowest BCUT2D eigenvalue weighted by atomic mass is 10.2. The van der Waals surface area contributed by atoms with Crippen molar-refractivity contribution >= 4 is 28.9 Å². The Morgan fingerprint density at radius 2 is 1.87 bits per heavy atom. The first kappa shape index (κ1) is 16.4. The Morgan fingerprint density at radius 1 is 1.22 bits per heavy atom. The van der Waals surface area contributed by atoms with Gasteiger partial charge in [0.1, 0.15) is 17.4 Å². The Bertz CT molecular complexity index is 792. The van der Waals surface area contributed by atoms with E-state index in [1.165, 1.54) is 30.5 Å². The molecule has 2 aromatic carbocycles. The number of nitriles is 1. The molecular formula is C17H14ClN3O2. The van der Waals surface area contributed by atoms with E-state index in [1.54, 1.807) is 12.1 Å². The summed E-state index contributed by atoms with van der Waals surface area (Å²) in [6.45, 7) is 1.88. The lowest BCUT2D eigenvalue weighted by Crippen LogP contribution is -2.14. The SMILES string of the molecule is Cc1ccc(N/C=C(/C#N)C(=O)Nc2ccc(O)cc2)cc1Cl. The monoisotopic (exact) mass is 327 g/mol. The number of amides is 1. The molecule has 0 saturated heterocycles. The third-order valence-electron chi connectivity index (χ3n) is 3.05. The summed E-state index contributed by atoms with van der Waals surface area (Å²) in [5.74, 6) is -0.458. The largest absolute Gasteiger partial charge is 0.508 e. The number of nitrogens with zero attached hydrogens (tertiary/aromatic N) is 1. The number of carbonyl (C=O) groups excluding carboxylic acids is 1. The van der Waals surface area contributed by atoms with E-state index >= 15 is 0 Å². The van der Waals surface area contributed by atoms with E-state index in [0.717, 1.165) is 5.56 Å². The Labute approximate surface area is 138 Å². The van der Waals surface area contributed by atoms with Crippen molar-refractivity contribution in [3.05, 3.63) is 64.8 Å². The van der Waals surface area contributed by atoms with Crippen LogP contribution in [0.15, 0.2) is 54.2 Å². The van der Waals surface area contributed by atoms with Gasteiger partial charge in [-0.25, -0.2) is 0 Å². The number of rotatable bonds is 4. The van der Waals surface area contributed by atoms with Gasteiger partial charge in [-0.05, 0) is 48.9 Å². The quantitative estimate of drug-likeness (QED) is 0.453. The number of hydrogen-bond acceptors (Lipinski definition) is 4. The van der Waals surface area contributed by atoms with Crippen molar-refractivity contribution < 1.29 is 9.90 Å². The molecule has 2 rings (SSSR count). The topological polar surface area (TPSA) is 85.2 Å². The molecule has 116 valence electrons. The van der Waals surface area contributed by atoms with E-state index in [-0.39, 0.29) is 11.3 Å². The third kappa shape index (κ3) is 4.50. The molecule has 0 spiro atoms. The Balaban J connectivity index is 2.08. The maximum Gasteiger partial charge on any atom is 0.267 e. The molecule has 0 bridgehead atoms. The van der Waals surface area contributed by atoms with Gasteiger partial charge in [-0.2, -0.15) is 5.26 Å². The molecule has 0 aliphatic heterocycles. The van der Waals surface area contributed by atoms with Crippen LogP contribution in [0.4, 0.5) is 11.4 Å². The van der Waals surface area contributed by atoms with Crippen molar-refractivity contribution in [2.24, 2.45) is 0 Å². The fourth-order valence-electron chi connectivity index (χ4n) is 1.73. The first-order valence-electron chi connectivity index (χ1n) is 6.73. The van der Waals surface area contributed by atoms with E-state index in [2.05, 4.69) is 10.6 Å². The molecule has 1 amide bonds. The smallest absolute Gasteiger partial charge is 0.267 e. The molecule has 2 aromatic rings. The minimum absolute atomic E-state index is 0.0882. The normalized spacial score (nSPS) is 10.7. The van der Waals surface area contributed by atoms with Gasteiger partial charge < -0.3 is 15.7 Å². The lowest BCUT2D eigenvalue weighted by molar-refractivity contribution is -0.112. The zero-order chi connectivity index (χ0) is 16.8. The predicted molar refractivity (Wildman–Crippen MR) is 90.2 cm³/mol. The molecule has 0 unspecified atom stereocenters. The molecule has 0 radical (unpaired) electrons. The minimum atomic E-state index is -0.552. The van der Waals surface area contributed by atoms with Gasteiger partial charge in [0.25, 0.3) is 5.91 Å². The highest BCUT2D eigenvalue weighted by Crippen LogP contribution is 2.20. The van der Waals surface area contributed by atoms with Gasteiger partial charge in [0.05, 0.1) is 0 Å². The maximum absolute atomic E-state index is 12.0. The maximum atomic E-state index is 12.0. The molecule has 0 aromatic heterocycles. The molecule has 0 saturated carbocycles. The van der Waals surface area contributed by atoms with Crippen LogP contribution in [0.25, 0.3) is 0 Å². The first-order valence-corrected chi connectivity index (χ1v) is 7.11. The second kappa shape index (κ2) is 7.34. The molecule has 0 aliphatic carbocycles. The fraction of sp³-hybridized carbons (Fsp3) is 0.0588. The first-order chi connectivity index (χ1) is 11.0. The number of hydrogen-bond donors (Lipinski definition) is 3. The van der Waals surface area contributed by atoms with E-state index in [9.17, 15) is 9.90 Å². The molecule has 3 N–H and O–H groups in total. The molecule has 0 fully saturated rings. The number of carbonyl (C=O) groups is 1. The molecule has 0 heterocycles. The summed E-state index contributed by atoms with van der Waals surface area (Å²) < 4.78 is 0. The minimum Gasteiger partial charge on any atom is -0.508 e. The molecule has 0 atom stereocenters. The second-order valence-electron chi connectivity index (χ2n) is 4.78. The Morgan fingerprint density at radius 3 is 2.48 bits per heavy atom. The van der Waals surface area contributed by atoms with Crippen LogP contribution in [0, 0.1) is 18.3 Å². The molecule has 5 nitrogen and oxygen atoms in total. The summed E-state index contributed by atoms with van der Waals surface area (Å²) >= 11 is 6.02. The van der Waals surface area contributed by atoms with Crippen LogP contribution in [0.5, 0.6) is 5.75 Å². The summed E-state index contributed by atoms with van der Waals surface area (Å²) in [5.41, 5.74) is 2.00. The standard InChI is InChI=1S/C17H14ClN3O2/c1-11-2-3-14(8-16(11)18)20-10-12(9-19)17(23)21-13-4-6-15(22)7-5-13/h2-8,10,20,22H,1H3,(H,21,23)/b12-10-. The zero-order valence-corrected chi connectivity index (χ0v) is 13.1. The summed E-state index contributed by atoms with van der Waals surface area (Å²) in [6.07, 6.45) is 1.32. The number of nitrogens with one attached hydrogen (secondary N) is 2. The van der Waals surface area contributed by atoms with Crippen molar-refractivity contribution in [3.8, 4) is 11.8 Å². The van der Waals surface area contributed by atoms with Crippen LogP contribution >= 0.6 is 11.6 Å². The van der Waals surface area contributed by atoms with E-state index < -0.39 is 5.91 Å². The van der Waals surface area contributed by atoms with Gasteiger partial charge in [-0.1, -0.05) is 17.7 Å². The molecular weight excluding hydrogens is 314 g/mol. The fourth-order valence-corrected chi connectivity index (χ4v) is 1.91. The second-order valence-corrected chi connectivity index (χ2v) is 5.19. The van der Waals surface area contributed by atoms with Crippen LogP contribution in [-0.2, 0) is 4.79 Å². The highest BCUT2D eigenvalue weighted by molar-refractivity contribution is 6.31. The number of benzene rings is 2. The van der Waals surface area contributed by atoms with Crippen LogP contribution in [0.2, 0.25) is 5.02 Å². The third-order valence-corrected chi connectivity index (χ3v) is 3.45. The Kier molecular flexibility index (Phi) is 5.23. The van der Waals surface area contributed by atoms with Gasteiger partial charge >= 0.3 is 0 Å². The number of phenolic OH excluding ortho intramolecular Hbond substituents is 1. The van der Waals surface area contributed by atoms with Crippen molar-refractivity contribution in [3.63, 3.8) is 0 Å². The van der Waals surface area contributed by atoms with Crippen LogP contribution in [-0.4, -0.2) is 11.0 Å². The average Bonchev–Trinajstić information content (AvgIpc) is 2.53. The van der Waals surface area contributed by atoms with E-state index in [1.807, 2.05) is 19.1 Å². The van der Waals surface area contributed by atoms with Crippen molar-refractivity contribution in [1.82, 2.24) is 0 Å². The zero-order valence-electron chi connectivity index (χ0n) is 12.3. The van der Waals surface area contributed by atoms with Gasteiger partial charge in [0.2, 0.25) is 0 Å². The summed E-state index contributed by atoms with van der Waals surface area (Å²) in [7, 11) is 0.